The number of aliphatic hydroxyl groups is 1. The van der Waals surface area contributed by atoms with Crippen molar-refractivity contribution in [3.05, 3.63) is 0 Å². The SMILES string of the molecule is CCC(C)CCCCCCCCC(=O)O[C@H](COC(=O)CCCCCCCCC(C)C)COP(=O)(O)OC[C@H](O)COP(=O)(O)OC[C@@H](COC(=O)CCCCCCCCCCCCCCCCCC(C)C)OC(=O)CCCCCCCCCCCCCCCCCCCCC(C)C. The van der Waals surface area contributed by atoms with Gasteiger partial charge in [-0.15, -0.1) is 0 Å². The Bertz CT molecular complexity index is 1920. The van der Waals surface area contributed by atoms with Gasteiger partial charge in [0.2, 0.25) is 0 Å². The van der Waals surface area contributed by atoms with Gasteiger partial charge in [-0.25, -0.2) is 9.13 Å². The Hall–Kier alpha value is -1.94. The largest absolute Gasteiger partial charge is 0.472 e. The van der Waals surface area contributed by atoms with Crippen molar-refractivity contribution < 1.29 is 80.2 Å². The molecule has 0 amide bonds. The maximum Gasteiger partial charge on any atom is 0.472 e. The first-order valence-electron chi connectivity index (χ1n) is 40.7. The van der Waals surface area contributed by atoms with Crippen molar-refractivity contribution in [2.75, 3.05) is 39.6 Å². The Morgan fingerprint density at radius 3 is 0.724 bits per heavy atom. The highest BCUT2D eigenvalue weighted by Crippen LogP contribution is 2.45. The summed E-state index contributed by atoms with van der Waals surface area (Å²) in [6.07, 6.45) is 54.5. The molecule has 3 unspecified atom stereocenters. The van der Waals surface area contributed by atoms with Crippen LogP contribution in [0.15, 0.2) is 0 Å². The van der Waals surface area contributed by atoms with Crippen molar-refractivity contribution >= 4 is 39.5 Å². The first-order chi connectivity index (χ1) is 47.1. The number of esters is 4. The summed E-state index contributed by atoms with van der Waals surface area (Å²) in [6, 6.07) is 0. The molecule has 0 fully saturated rings. The van der Waals surface area contributed by atoms with Gasteiger partial charge in [-0.3, -0.25) is 37.3 Å². The monoisotopic (exact) mass is 1440 g/mol. The molecule has 17 nitrogen and oxygen atoms in total. The number of rotatable bonds is 76. The molecule has 0 aliphatic rings. The van der Waals surface area contributed by atoms with Crippen LogP contribution < -0.4 is 0 Å². The van der Waals surface area contributed by atoms with Crippen LogP contribution in [0.3, 0.4) is 0 Å². The van der Waals surface area contributed by atoms with E-state index < -0.39 is 97.5 Å². The van der Waals surface area contributed by atoms with Crippen LogP contribution >= 0.6 is 15.6 Å². The Morgan fingerprint density at radius 1 is 0.286 bits per heavy atom. The summed E-state index contributed by atoms with van der Waals surface area (Å²) in [7, 11) is -9.91. The lowest BCUT2D eigenvalue weighted by Crippen LogP contribution is -2.30. The number of ether oxygens (including phenoxy) is 4. The van der Waals surface area contributed by atoms with E-state index in [1.807, 2.05) is 0 Å². The molecule has 0 saturated heterocycles. The molecular formula is C79H154O17P2. The minimum absolute atomic E-state index is 0.102. The number of hydrogen-bond donors (Lipinski definition) is 3. The molecule has 0 aromatic carbocycles. The number of carbonyl (C=O) groups is 4. The lowest BCUT2D eigenvalue weighted by molar-refractivity contribution is -0.161. The zero-order valence-corrected chi connectivity index (χ0v) is 66.2. The summed E-state index contributed by atoms with van der Waals surface area (Å²) in [5, 5.41) is 10.6. The summed E-state index contributed by atoms with van der Waals surface area (Å²) < 4.78 is 68.5. The van der Waals surface area contributed by atoms with Crippen LogP contribution in [0.25, 0.3) is 0 Å². The van der Waals surface area contributed by atoms with Crippen LogP contribution in [0, 0.1) is 23.7 Å². The highest BCUT2D eigenvalue weighted by molar-refractivity contribution is 7.47. The van der Waals surface area contributed by atoms with Crippen molar-refractivity contribution in [3.63, 3.8) is 0 Å². The fourth-order valence-corrected chi connectivity index (χ4v) is 13.6. The van der Waals surface area contributed by atoms with Gasteiger partial charge in [0.1, 0.15) is 19.3 Å². The van der Waals surface area contributed by atoms with Gasteiger partial charge in [0, 0.05) is 25.7 Å². The minimum Gasteiger partial charge on any atom is -0.462 e. The molecular weight excluding hydrogens is 1280 g/mol. The number of aliphatic hydroxyl groups excluding tert-OH is 1. The molecule has 0 aromatic rings. The first-order valence-corrected chi connectivity index (χ1v) is 43.7. The van der Waals surface area contributed by atoms with E-state index in [1.54, 1.807) is 0 Å². The second-order valence-electron chi connectivity index (χ2n) is 30.1. The number of unbranched alkanes of at least 4 members (excludes halogenated alkanes) is 41. The van der Waals surface area contributed by atoms with Crippen LogP contribution in [0.4, 0.5) is 0 Å². The molecule has 6 atom stereocenters. The van der Waals surface area contributed by atoms with Gasteiger partial charge < -0.3 is 33.8 Å². The van der Waals surface area contributed by atoms with Crippen LogP contribution in [-0.2, 0) is 65.4 Å². The van der Waals surface area contributed by atoms with E-state index in [4.69, 9.17) is 37.0 Å². The lowest BCUT2D eigenvalue weighted by atomic mass is 10.00. The van der Waals surface area contributed by atoms with Crippen LogP contribution in [0.2, 0.25) is 0 Å². The molecule has 0 radical (unpaired) electrons. The van der Waals surface area contributed by atoms with E-state index in [-0.39, 0.29) is 25.7 Å². The predicted octanol–water partition coefficient (Wildman–Crippen LogP) is 23.2. The zero-order chi connectivity index (χ0) is 72.4. The molecule has 0 aromatic heterocycles. The minimum atomic E-state index is -4.96. The number of hydrogen-bond acceptors (Lipinski definition) is 15. The third-order valence-electron chi connectivity index (χ3n) is 18.7. The number of phosphoric ester groups is 2. The summed E-state index contributed by atoms with van der Waals surface area (Å²) >= 11 is 0. The van der Waals surface area contributed by atoms with Crippen molar-refractivity contribution in [1.29, 1.82) is 0 Å². The molecule has 0 rings (SSSR count). The van der Waals surface area contributed by atoms with E-state index in [0.29, 0.717) is 31.6 Å². The van der Waals surface area contributed by atoms with E-state index in [0.717, 1.165) is 114 Å². The Morgan fingerprint density at radius 2 is 0.490 bits per heavy atom. The fraction of sp³-hybridized carbons (Fsp3) is 0.949. The van der Waals surface area contributed by atoms with Gasteiger partial charge in [0.25, 0.3) is 0 Å². The standard InChI is InChI=1S/C79H154O17P2/c1-9-72(8)58-50-42-36-38-46-54-62-79(84)96-75(66-90-77(82)60-52-44-37-35-41-49-57-71(6)7)68-94-98(87,88)92-64-73(80)63-91-97(85,86)93-67-74(65-89-76(81)59-51-43-33-29-25-21-18-14-16-20-24-28-32-40-48-56-70(4)5)95-78(83)61-53-45-34-30-26-22-17-13-11-10-12-15-19-23-27-31-39-47-55-69(2)3/h69-75,80H,9-68H2,1-8H3,(H,85,86)(H,87,88)/t72?,73-,74-,75-/m1/s1. The Labute approximate surface area is 600 Å². The molecule has 98 heavy (non-hydrogen) atoms. The summed E-state index contributed by atoms with van der Waals surface area (Å²) in [4.78, 5) is 72.8. The van der Waals surface area contributed by atoms with Gasteiger partial charge >= 0.3 is 39.5 Å². The van der Waals surface area contributed by atoms with Gasteiger partial charge in [-0.1, -0.05) is 351 Å². The third kappa shape index (κ3) is 71.1. The fourth-order valence-electron chi connectivity index (χ4n) is 12.0. The maximum atomic E-state index is 13.1. The topological polar surface area (TPSA) is 237 Å². The Kier molecular flexibility index (Phi) is 66.8. The van der Waals surface area contributed by atoms with Crippen molar-refractivity contribution in [2.24, 2.45) is 23.7 Å². The third-order valence-corrected chi connectivity index (χ3v) is 20.6. The van der Waals surface area contributed by atoms with Gasteiger partial charge in [0.15, 0.2) is 12.2 Å². The van der Waals surface area contributed by atoms with Crippen LogP contribution in [-0.4, -0.2) is 96.7 Å². The van der Waals surface area contributed by atoms with E-state index >= 15 is 0 Å². The van der Waals surface area contributed by atoms with Crippen LogP contribution in [0.1, 0.15) is 402 Å². The highest BCUT2D eigenvalue weighted by atomic mass is 31.2. The lowest BCUT2D eigenvalue weighted by Gasteiger charge is -2.21. The average molecular weight is 1440 g/mol. The van der Waals surface area contributed by atoms with Crippen molar-refractivity contribution in [3.8, 4) is 0 Å². The number of carbonyl (C=O) groups excluding carboxylic acids is 4. The molecule has 0 spiro atoms. The maximum absolute atomic E-state index is 13.1. The molecule has 582 valence electrons. The van der Waals surface area contributed by atoms with Gasteiger partial charge in [-0.2, -0.15) is 0 Å². The summed E-state index contributed by atoms with van der Waals surface area (Å²) in [5.41, 5.74) is 0. The second-order valence-corrected chi connectivity index (χ2v) is 33.0. The highest BCUT2D eigenvalue weighted by Gasteiger charge is 2.30. The average Bonchev–Trinajstić information content (AvgIpc) is 1.03. The van der Waals surface area contributed by atoms with Crippen molar-refractivity contribution in [1.82, 2.24) is 0 Å². The zero-order valence-electron chi connectivity index (χ0n) is 64.4. The van der Waals surface area contributed by atoms with Crippen molar-refractivity contribution in [2.45, 2.75) is 420 Å². The van der Waals surface area contributed by atoms with Gasteiger partial charge in [-0.05, 0) is 49.4 Å². The molecule has 0 saturated carbocycles. The predicted molar refractivity (Wildman–Crippen MR) is 400 cm³/mol. The first kappa shape index (κ1) is 96.1. The molecule has 0 aliphatic carbocycles. The number of phosphoric acid groups is 2. The summed E-state index contributed by atoms with van der Waals surface area (Å²) in [6.45, 7) is 14.1. The van der Waals surface area contributed by atoms with Crippen LogP contribution in [0.5, 0.6) is 0 Å². The normalized spacial score (nSPS) is 14.3. The molecule has 0 heterocycles. The van der Waals surface area contributed by atoms with E-state index in [2.05, 4.69) is 55.4 Å². The van der Waals surface area contributed by atoms with Gasteiger partial charge in [0.05, 0.1) is 26.4 Å². The Balaban J connectivity index is 5.19. The molecule has 19 heteroatoms. The molecule has 0 aliphatic heterocycles. The van der Waals surface area contributed by atoms with E-state index in [9.17, 15) is 43.2 Å². The quantitative estimate of drug-likeness (QED) is 0.0222. The smallest absolute Gasteiger partial charge is 0.462 e. The molecule has 3 N–H and O–H groups in total. The second kappa shape index (κ2) is 68.2. The molecule has 0 bridgehead atoms. The van der Waals surface area contributed by atoms with E-state index in [1.165, 1.54) is 199 Å². The summed E-state index contributed by atoms with van der Waals surface area (Å²) in [5.74, 6) is 0.904.